The Hall–Kier alpha value is -1.86. The van der Waals surface area contributed by atoms with Crippen LogP contribution in [0.2, 0.25) is 0 Å². The van der Waals surface area contributed by atoms with Crippen molar-refractivity contribution in [2.24, 2.45) is 0 Å². The molecular formula is C9H9N5OS. The van der Waals surface area contributed by atoms with E-state index >= 15 is 0 Å². The van der Waals surface area contributed by atoms with Gasteiger partial charge in [0.25, 0.3) is 5.91 Å². The Bertz CT molecular complexity index is 444. The molecule has 0 aliphatic rings. The van der Waals surface area contributed by atoms with Crippen LogP contribution >= 0.6 is 11.3 Å². The fourth-order valence-corrected chi connectivity index (χ4v) is 1.58. The van der Waals surface area contributed by atoms with Crippen LogP contribution in [0, 0.1) is 0 Å². The summed E-state index contributed by atoms with van der Waals surface area (Å²) in [7, 11) is 0. The number of thiazole rings is 1. The normalized spacial score (nSPS) is 10.0. The van der Waals surface area contributed by atoms with E-state index < -0.39 is 0 Å². The van der Waals surface area contributed by atoms with Crippen LogP contribution in [0.15, 0.2) is 30.3 Å². The first-order valence-corrected chi connectivity index (χ1v) is 5.41. The first-order valence-electron chi connectivity index (χ1n) is 4.53. The Balaban J connectivity index is 1.81. The fraction of sp³-hybridized carbons (Fsp3) is 0.111. The number of carbonyl (C=O) groups excluding carboxylic acids is 1. The lowest BCUT2D eigenvalue weighted by Crippen LogP contribution is -2.36. The van der Waals surface area contributed by atoms with Crippen LogP contribution in [-0.2, 0) is 6.54 Å². The average Bonchev–Trinajstić information content (AvgIpc) is 2.83. The first-order chi connectivity index (χ1) is 7.86. The summed E-state index contributed by atoms with van der Waals surface area (Å²) in [4.78, 5) is 23.1. The Kier molecular flexibility index (Phi) is 3.52. The molecule has 0 saturated carbocycles. The zero-order chi connectivity index (χ0) is 11.2. The highest BCUT2D eigenvalue weighted by molar-refractivity contribution is 7.09. The van der Waals surface area contributed by atoms with Crippen molar-refractivity contribution in [3.05, 3.63) is 40.9 Å². The van der Waals surface area contributed by atoms with E-state index in [9.17, 15) is 4.79 Å². The zero-order valence-electron chi connectivity index (χ0n) is 8.25. The second-order valence-corrected chi connectivity index (χ2v) is 3.84. The number of carbonyl (C=O) groups is 1. The van der Waals surface area contributed by atoms with Gasteiger partial charge in [0.1, 0.15) is 11.3 Å². The second-order valence-electron chi connectivity index (χ2n) is 2.86. The third-order valence-electron chi connectivity index (χ3n) is 1.75. The molecule has 0 atom stereocenters. The largest absolute Gasteiger partial charge is 0.287 e. The molecule has 2 N–H and O–H groups in total. The highest BCUT2D eigenvalue weighted by Gasteiger charge is 2.04. The van der Waals surface area contributed by atoms with E-state index in [0.29, 0.717) is 12.1 Å². The highest BCUT2D eigenvalue weighted by Crippen LogP contribution is 2.01. The van der Waals surface area contributed by atoms with Crippen molar-refractivity contribution in [2.45, 2.75) is 6.54 Å². The van der Waals surface area contributed by atoms with Crippen LogP contribution in [-0.4, -0.2) is 20.9 Å². The number of aromatic nitrogens is 3. The Morgan fingerprint density at radius 2 is 2.19 bits per heavy atom. The molecule has 82 valence electrons. The summed E-state index contributed by atoms with van der Waals surface area (Å²) in [6.07, 6.45) is 6.00. The number of rotatable bonds is 4. The monoisotopic (exact) mass is 235 g/mol. The molecule has 0 aliphatic carbocycles. The number of hydrazine groups is 1. The summed E-state index contributed by atoms with van der Waals surface area (Å²) in [6, 6.07) is 0. The number of nitrogens with zero attached hydrogens (tertiary/aromatic N) is 3. The maximum Gasteiger partial charge on any atom is 0.268 e. The molecule has 0 aliphatic heterocycles. The minimum Gasteiger partial charge on any atom is -0.287 e. The average molecular weight is 235 g/mol. The van der Waals surface area contributed by atoms with Gasteiger partial charge in [-0.05, 0) is 0 Å². The Labute approximate surface area is 95.7 Å². The van der Waals surface area contributed by atoms with Gasteiger partial charge < -0.3 is 0 Å². The summed E-state index contributed by atoms with van der Waals surface area (Å²) in [5.74, 6) is -0.267. The highest BCUT2D eigenvalue weighted by atomic mass is 32.1. The summed E-state index contributed by atoms with van der Waals surface area (Å²) >= 11 is 1.52. The van der Waals surface area contributed by atoms with Gasteiger partial charge in [-0.3, -0.25) is 10.2 Å². The molecular weight excluding hydrogens is 226 g/mol. The van der Waals surface area contributed by atoms with E-state index in [1.165, 1.54) is 30.1 Å². The van der Waals surface area contributed by atoms with E-state index in [0.717, 1.165) is 5.01 Å². The van der Waals surface area contributed by atoms with Gasteiger partial charge in [-0.1, -0.05) is 0 Å². The molecule has 2 aromatic rings. The molecule has 1 amide bonds. The molecule has 0 saturated heterocycles. The van der Waals surface area contributed by atoms with Crippen molar-refractivity contribution in [2.75, 3.05) is 0 Å². The number of hydrogen-bond acceptors (Lipinski definition) is 6. The van der Waals surface area contributed by atoms with Crippen molar-refractivity contribution in [3.8, 4) is 0 Å². The summed E-state index contributed by atoms with van der Waals surface area (Å²) < 4.78 is 0. The van der Waals surface area contributed by atoms with Crippen LogP contribution in [0.5, 0.6) is 0 Å². The molecule has 2 aromatic heterocycles. The SMILES string of the molecule is O=C(NNCc1nccs1)c1cncnc1. The predicted octanol–water partition coefficient (Wildman–Crippen LogP) is 0.368. The predicted molar refractivity (Wildman–Crippen MR) is 58.5 cm³/mol. The van der Waals surface area contributed by atoms with Gasteiger partial charge in [-0.2, -0.15) is 0 Å². The van der Waals surface area contributed by atoms with E-state index in [2.05, 4.69) is 25.8 Å². The quantitative estimate of drug-likeness (QED) is 0.748. The maximum absolute atomic E-state index is 11.5. The summed E-state index contributed by atoms with van der Waals surface area (Å²) in [5, 5.41) is 2.79. The lowest BCUT2D eigenvalue weighted by Gasteiger charge is -2.04. The number of amides is 1. The van der Waals surface area contributed by atoms with Gasteiger partial charge in [0.05, 0.1) is 12.1 Å². The van der Waals surface area contributed by atoms with Crippen LogP contribution in [0.4, 0.5) is 0 Å². The van der Waals surface area contributed by atoms with E-state index in [4.69, 9.17) is 0 Å². The maximum atomic E-state index is 11.5. The van der Waals surface area contributed by atoms with Crippen molar-refractivity contribution in [1.82, 2.24) is 25.8 Å². The van der Waals surface area contributed by atoms with Gasteiger partial charge in [-0.25, -0.2) is 20.4 Å². The molecule has 0 spiro atoms. The standard InChI is InChI=1S/C9H9N5OS/c15-9(7-3-10-6-11-4-7)14-13-5-8-12-1-2-16-8/h1-4,6,13H,5H2,(H,14,15). The topological polar surface area (TPSA) is 79.8 Å². The van der Waals surface area contributed by atoms with Gasteiger partial charge >= 0.3 is 0 Å². The Morgan fingerprint density at radius 1 is 1.38 bits per heavy atom. The number of hydrogen-bond donors (Lipinski definition) is 2. The molecule has 7 heteroatoms. The molecule has 2 heterocycles. The van der Waals surface area contributed by atoms with E-state index in [1.807, 2.05) is 5.38 Å². The van der Waals surface area contributed by atoms with Crippen LogP contribution in [0.1, 0.15) is 15.4 Å². The van der Waals surface area contributed by atoms with Gasteiger partial charge in [0.2, 0.25) is 0 Å². The van der Waals surface area contributed by atoms with Crippen LogP contribution in [0.3, 0.4) is 0 Å². The van der Waals surface area contributed by atoms with E-state index in [1.54, 1.807) is 6.20 Å². The van der Waals surface area contributed by atoms with E-state index in [-0.39, 0.29) is 5.91 Å². The molecule has 2 rings (SSSR count). The molecule has 0 radical (unpaired) electrons. The fourth-order valence-electron chi connectivity index (χ4n) is 1.03. The van der Waals surface area contributed by atoms with Crippen molar-refractivity contribution in [3.63, 3.8) is 0 Å². The van der Waals surface area contributed by atoms with Gasteiger partial charge in [0.15, 0.2) is 0 Å². The number of nitrogens with one attached hydrogen (secondary N) is 2. The van der Waals surface area contributed by atoms with Crippen LogP contribution < -0.4 is 10.9 Å². The Morgan fingerprint density at radius 3 is 2.88 bits per heavy atom. The molecule has 0 aromatic carbocycles. The van der Waals surface area contributed by atoms with Gasteiger partial charge in [0, 0.05) is 24.0 Å². The molecule has 0 bridgehead atoms. The molecule has 16 heavy (non-hydrogen) atoms. The van der Waals surface area contributed by atoms with Crippen molar-refractivity contribution < 1.29 is 4.79 Å². The molecule has 0 unspecified atom stereocenters. The zero-order valence-corrected chi connectivity index (χ0v) is 9.07. The van der Waals surface area contributed by atoms with Gasteiger partial charge in [-0.15, -0.1) is 11.3 Å². The minimum atomic E-state index is -0.267. The summed E-state index contributed by atoms with van der Waals surface area (Å²) in [6.45, 7) is 0.497. The lowest BCUT2D eigenvalue weighted by atomic mass is 10.3. The van der Waals surface area contributed by atoms with Crippen molar-refractivity contribution >= 4 is 17.2 Å². The molecule has 0 fully saturated rings. The lowest BCUT2D eigenvalue weighted by molar-refractivity contribution is 0.0931. The van der Waals surface area contributed by atoms with Crippen molar-refractivity contribution in [1.29, 1.82) is 0 Å². The third-order valence-corrected chi connectivity index (χ3v) is 2.53. The smallest absolute Gasteiger partial charge is 0.268 e. The third kappa shape index (κ3) is 2.81. The second kappa shape index (κ2) is 5.29. The first kappa shape index (κ1) is 10.7. The summed E-state index contributed by atoms with van der Waals surface area (Å²) in [5.41, 5.74) is 5.73. The minimum absolute atomic E-state index is 0.267. The van der Waals surface area contributed by atoms with Crippen LogP contribution in [0.25, 0.3) is 0 Å². The molecule has 6 nitrogen and oxygen atoms in total.